The Morgan fingerprint density at radius 1 is 1.40 bits per heavy atom. The van der Waals surface area contributed by atoms with Crippen LogP contribution < -0.4 is 0 Å². The minimum absolute atomic E-state index is 0.0214. The normalized spacial score (nSPS) is 24.0. The number of aliphatic hydroxyl groups is 1. The van der Waals surface area contributed by atoms with Crippen LogP contribution in [0, 0.1) is 0 Å². The second-order valence-electron chi connectivity index (χ2n) is 7.51. The molecule has 0 spiro atoms. The zero-order chi connectivity index (χ0) is 22.2. The molecule has 3 rings (SSSR count). The summed E-state index contributed by atoms with van der Waals surface area (Å²) < 4.78 is 74.9. The molecule has 2 aromatic rings. The predicted molar refractivity (Wildman–Crippen MR) is 100 cm³/mol. The first-order chi connectivity index (χ1) is 14.0. The zero-order valence-electron chi connectivity index (χ0n) is 16.4. The van der Waals surface area contributed by atoms with Crippen LogP contribution in [0.2, 0.25) is 0 Å². The number of aliphatic hydroxyl groups excluding tert-OH is 1. The number of sulfone groups is 1. The second-order valence-corrected chi connectivity index (χ2v) is 9.98. The van der Waals surface area contributed by atoms with Gasteiger partial charge in [-0.1, -0.05) is 6.07 Å². The number of methoxy groups -OCH3 is 1. The molecule has 3 unspecified atom stereocenters. The lowest BCUT2D eigenvalue weighted by Crippen LogP contribution is -2.42. The van der Waals surface area contributed by atoms with Crippen molar-refractivity contribution in [3.63, 3.8) is 0 Å². The second kappa shape index (κ2) is 8.29. The van der Waals surface area contributed by atoms with Crippen LogP contribution in [-0.4, -0.2) is 48.8 Å². The highest BCUT2D eigenvalue weighted by Crippen LogP contribution is 2.42. The maximum Gasteiger partial charge on any atom is 0.416 e. The molecule has 1 saturated heterocycles. The fraction of sp³-hybridized carbons (Fsp3) is 0.526. The molecule has 30 heavy (non-hydrogen) atoms. The van der Waals surface area contributed by atoms with E-state index in [1.807, 2.05) is 0 Å². The summed E-state index contributed by atoms with van der Waals surface area (Å²) in [5, 5.41) is 16.7. The highest BCUT2D eigenvalue weighted by molar-refractivity contribution is 7.92. The van der Waals surface area contributed by atoms with Gasteiger partial charge in [-0.25, -0.2) is 8.42 Å². The topological polar surface area (TPSA) is 102 Å². The molecule has 7 nitrogen and oxygen atoms in total. The number of hydrogen-bond acceptors (Lipinski definition) is 6. The number of aromatic nitrogens is 2. The lowest BCUT2D eigenvalue weighted by molar-refractivity contribution is -0.137. The van der Waals surface area contributed by atoms with Crippen molar-refractivity contribution in [2.45, 2.75) is 47.8 Å². The van der Waals surface area contributed by atoms with E-state index < -0.39 is 38.5 Å². The van der Waals surface area contributed by atoms with E-state index in [0.29, 0.717) is 17.5 Å². The molecular weight excluding hydrogens is 425 g/mol. The highest BCUT2D eigenvalue weighted by atomic mass is 32.2. The van der Waals surface area contributed by atoms with Gasteiger partial charge in [0.1, 0.15) is 12.2 Å². The monoisotopic (exact) mass is 448 g/mol. The van der Waals surface area contributed by atoms with Crippen molar-refractivity contribution >= 4 is 9.84 Å². The van der Waals surface area contributed by atoms with Crippen LogP contribution in [0.5, 0.6) is 0 Å². The number of alkyl halides is 3. The Hall–Kier alpha value is -1.95. The molecule has 1 aliphatic heterocycles. The number of halogens is 3. The molecule has 0 radical (unpaired) electrons. The number of H-pyrrole nitrogens is 1. The van der Waals surface area contributed by atoms with Crippen molar-refractivity contribution in [3.05, 3.63) is 47.3 Å². The van der Waals surface area contributed by atoms with Crippen LogP contribution in [0.15, 0.2) is 35.2 Å². The van der Waals surface area contributed by atoms with Crippen LogP contribution in [0.4, 0.5) is 13.2 Å². The van der Waals surface area contributed by atoms with E-state index in [0.717, 1.165) is 12.1 Å². The number of nitrogens with zero attached hydrogens (tertiary/aromatic N) is 1. The van der Waals surface area contributed by atoms with Gasteiger partial charge in [-0.3, -0.25) is 5.10 Å². The summed E-state index contributed by atoms with van der Waals surface area (Å²) in [4.78, 5) is -0.374. The number of rotatable bonds is 6. The maximum absolute atomic E-state index is 13.3. The SMILES string of the molecule is COCC(O)c1cc(C2CC(C)(S(=O)(=O)c3cccc(C(F)(F)F)c3)CCO2)[nH]n1. The first-order valence-electron chi connectivity index (χ1n) is 9.23. The lowest BCUT2D eigenvalue weighted by atomic mass is 9.94. The van der Waals surface area contributed by atoms with E-state index in [1.54, 1.807) is 6.07 Å². The predicted octanol–water partition coefficient (Wildman–Crippen LogP) is 3.19. The van der Waals surface area contributed by atoms with Crippen molar-refractivity contribution in [2.24, 2.45) is 0 Å². The third-order valence-corrected chi connectivity index (χ3v) is 7.86. The third-order valence-electron chi connectivity index (χ3n) is 5.32. The Kier molecular flexibility index (Phi) is 6.28. The maximum atomic E-state index is 13.3. The Morgan fingerprint density at radius 2 is 2.13 bits per heavy atom. The standard InChI is InChI=1S/C19H23F3N2O5S/c1-18(30(26,27)13-5-3-4-12(8-13)19(20,21)22)6-7-29-17(10-18)15-9-14(23-24-15)16(25)11-28-2/h3-5,8-9,16-17,25H,6-7,10-11H2,1-2H3,(H,23,24). The number of ether oxygens (including phenoxy) is 2. The molecule has 11 heteroatoms. The first-order valence-corrected chi connectivity index (χ1v) is 10.7. The summed E-state index contributed by atoms with van der Waals surface area (Å²) in [6.45, 7) is 1.65. The van der Waals surface area contributed by atoms with Gasteiger partial charge in [-0.15, -0.1) is 0 Å². The first kappa shape index (κ1) is 22.7. The van der Waals surface area contributed by atoms with Crippen molar-refractivity contribution in [1.29, 1.82) is 0 Å². The summed E-state index contributed by atoms with van der Waals surface area (Å²) in [6, 6.07) is 5.34. The minimum atomic E-state index is -4.64. The van der Waals surface area contributed by atoms with E-state index in [1.165, 1.54) is 20.1 Å². The Labute approximate surface area is 172 Å². The molecule has 1 aromatic heterocycles. The molecule has 166 valence electrons. The fourth-order valence-corrected chi connectivity index (χ4v) is 5.30. The number of benzene rings is 1. The van der Waals surface area contributed by atoms with E-state index in [-0.39, 0.29) is 31.0 Å². The van der Waals surface area contributed by atoms with Gasteiger partial charge >= 0.3 is 6.18 Å². The molecule has 0 bridgehead atoms. The molecular formula is C19H23F3N2O5S. The van der Waals surface area contributed by atoms with Crippen LogP contribution in [-0.2, 0) is 25.5 Å². The molecule has 0 amide bonds. The summed E-state index contributed by atoms with van der Waals surface area (Å²) in [5.41, 5.74) is -0.213. The Morgan fingerprint density at radius 3 is 2.80 bits per heavy atom. The largest absolute Gasteiger partial charge is 0.416 e. The van der Waals surface area contributed by atoms with Crippen molar-refractivity contribution < 1.29 is 36.2 Å². The summed E-state index contributed by atoms with van der Waals surface area (Å²) >= 11 is 0. The van der Waals surface area contributed by atoms with Gasteiger partial charge in [0.25, 0.3) is 0 Å². The molecule has 2 heterocycles. The Balaban J connectivity index is 1.87. The van der Waals surface area contributed by atoms with Crippen LogP contribution in [0.3, 0.4) is 0 Å². The smallest absolute Gasteiger partial charge is 0.384 e. The number of aromatic amines is 1. The highest BCUT2D eigenvalue weighted by Gasteiger charge is 2.46. The summed E-state index contributed by atoms with van der Waals surface area (Å²) in [7, 11) is -2.65. The van der Waals surface area contributed by atoms with Crippen LogP contribution in [0.1, 0.15) is 48.9 Å². The van der Waals surface area contributed by atoms with Gasteiger partial charge in [0.2, 0.25) is 0 Å². The lowest BCUT2D eigenvalue weighted by Gasteiger charge is -2.37. The molecule has 1 fully saturated rings. The number of nitrogens with one attached hydrogen (secondary N) is 1. The van der Waals surface area contributed by atoms with Gasteiger partial charge < -0.3 is 14.6 Å². The quantitative estimate of drug-likeness (QED) is 0.704. The van der Waals surface area contributed by atoms with Gasteiger partial charge in [0, 0.05) is 13.7 Å². The Bertz CT molecular complexity index is 992. The van der Waals surface area contributed by atoms with Crippen molar-refractivity contribution in [2.75, 3.05) is 20.3 Å². The third kappa shape index (κ3) is 4.39. The molecule has 1 aromatic carbocycles. The van der Waals surface area contributed by atoms with Crippen molar-refractivity contribution in [3.8, 4) is 0 Å². The molecule has 0 saturated carbocycles. The van der Waals surface area contributed by atoms with Gasteiger partial charge in [0.15, 0.2) is 9.84 Å². The van der Waals surface area contributed by atoms with Gasteiger partial charge in [-0.05, 0) is 44.0 Å². The van der Waals surface area contributed by atoms with E-state index >= 15 is 0 Å². The van der Waals surface area contributed by atoms with E-state index in [2.05, 4.69) is 10.2 Å². The molecule has 1 aliphatic rings. The average molecular weight is 448 g/mol. The zero-order valence-corrected chi connectivity index (χ0v) is 17.3. The molecule has 0 aliphatic carbocycles. The summed E-state index contributed by atoms with van der Waals surface area (Å²) in [5.74, 6) is 0. The van der Waals surface area contributed by atoms with E-state index in [9.17, 15) is 26.7 Å². The fourth-order valence-electron chi connectivity index (χ4n) is 3.47. The van der Waals surface area contributed by atoms with Crippen LogP contribution >= 0.6 is 0 Å². The van der Waals surface area contributed by atoms with Crippen molar-refractivity contribution in [1.82, 2.24) is 10.2 Å². The van der Waals surface area contributed by atoms with Gasteiger partial charge in [0.05, 0.1) is 33.2 Å². The van der Waals surface area contributed by atoms with E-state index in [4.69, 9.17) is 9.47 Å². The summed E-state index contributed by atoms with van der Waals surface area (Å²) in [6.07, 6.45) is -6.10. The average Bonchev–Trinajstić information content (AvgIpc) is 3.18. The molecule has 3 atom stereocenters. The van der Waals surface area contributed by atoms with Crippen LogP contribution in [0.25, 0.3) is 0 Å². The van der Waals surface area contributed by atoms with Gasteiger partial charge in [-0.2, -0.15) is 18.3 Å². The minimum Gasteiger partial charge on any atom is -0.384 e. The molecule has 2 N–H and O–H groups in total. The number of hydrogen-bond donors (Lipinski definition) is 2.